The van der Waals surface area contributed by atoms with Gasteiger partial charge in [0.1, 0.15) is 11.8 Å². The van der Waals surface area contributed by atoms with Gasteiger partial charge < -0.3 is 14.8 Å². The molecule has 1 atom stereocenters. The van der Waals surface area contributed by atoms with Crippen molar-refractivity contribution in [2.24, 2.45) is 0 Å². The van der Waals surface area contributed by atoms with Crippen LogP contribution in [0, 0.1) is 0 Å². The molecule has 27 heavy (non-hydrogen) atoms. The number of ether oxygens (including phenoxy) is 1. The van der Waals surface area contributed by atoms with Gasteiger partial charge in [-0.2, -0.15) is 0 Å². The molecule has 0 saturated heterocycles. The summed E-state index contributed by atoms with van der Waals surface area (Å²) < 4.78 is 4.80. The van der Waals surface area contributed by atoms with Gasteiger partial charge in [0, 0.05) is 6.42 Å². The van der Waals surface area contributed by atoms with Gasteiger partial charge in [-0.3, -0.25) is 4.79 Å². The molecule has 0 aliphatic rings. The highest BCUT2D eigenvalue weighted by Gasteiger charge is 2.39. The molecule has 2 aromatic carbocycles. The third-order valence-corrected chi connectivity index (χ3v) is 4.73. The van der Waals surface area contributed by atoms with Gasteiger partial charge in [-0.25, -0.2) is 4.79 Å². The van der Waals surface area contributed by atoms with Crippen molar-refractivity contribution >= 4 is 17.7 Å². The first-order chi connectivity index (χ1) is 12.9. The third-order valence-electron chi connectivity index (χ3n) is 4.73. The predicted molar refractivity (Wildman–Crippen MR) is 103 cm³/mol. The van der Waals surface area contributed by atoms with Crippen LogP contribution in [0.3, 0.4) is 0 Å². The number of rotatable bonds is 8. The predicted octanol–water partition coefficient (Wildman–Crippen LogP) is 3.02. The van der Waals surface area contributed by atoms with E-state index in [9.17, 15) is 14.4 Å². The maximum atomic E-state index is 13.3. The number of esters is 1. The fourth-order valence-electron chi connectivity index (χ4n) is 3.01. The van der Waals surface area contributed by atoms with E-state index in [1.165, 1.54) is 14.0 Å². The summed E-state index contributed by atoms with van der Waals surface area (Å²) in [5.41, 5.74) is 0.623. The van der Waals surface area contributed by atoms with E-state index in [-0.39, 0.29) is 24.5 Å². The Bertz CT molecular complexity index is 747. The minimum Gasteiger partial charge on any atom is -0.467 e. The van der Waals surface area contributed by atoms with E-state index in [0.29, 0.717) is 0 Å². The van der Waals surface area contributed by atoms with Gasteiger partial charge in [0.05, 0.1) is 12.5 Å². The van der Waals surface area contributed by atoms with Crippen LogP contribution in [0.1, 0.15) is 37.8 Å². The van der Waals surface area contributed by atoms with Gasteiger partial charge in [-0.05, 0) is 31.4 Å². The minimum atomic E-state index is -0.995. The molecule has 0 aliphatic carbocycles. The second-order valence-electron chi connectivity index (χ2n) is 6.65. The van der Waals surface area contributed by atoms with Gasteiger partial charge in [-0.15, -0.1) is 0 Å². The number of hydrogen-bond donors (Lipinski definition) is 1. The fourth-order valence-corrected chi connectivity index (χ4v) is 3.01. The zero-order chi connectivity index (χ0) is 19.9. The van der Waals surface area contributed by atoms with E-state index in [1.807, 2.05) is 67.6 Å². The molecule has 1 amide bonds. The Hall–Kier alpha value is -2.95. The molecule has 0 heterocycles. The van der Waals surface area contributed by atoms with Crippen LogP contribution >= 0.6 is 0 Å². The quantitative estimate of drug-likeness (QED) is 0.728. The van der Waals surface area contributed by atoms with Gasteiger partial charge in [-0.1, -0.05) is 60.7 Å². The molecule has 5 nitrogen and oxygen atoms in total. The molecule has 5 heteroatoms. The summed E-state index contributed by atoms with van der Waals surface area (Å²) in [6.45, 7) is 3.28. The molecule has 2 aromatic rings. The standard InChI is InChI=1S/C22H25NO4/c1-16(24)14-15-19(20(25)27-3)23-21(26)22(2,17-10-6-4-7-11-17)18-12-8-5-9-13-18/h4-13,19H,14-15H2,1-3H3,(H,23,26)/t19-/m1/s1. The highest BCUT2D eigenvalue weighted by Crippen LogP contribution is 2.32. The zero-order valence-electron chi connectivity index (χ0n) is 15.9. The maximum Gasteiger partial charge on any atom is 0.328 e. The smallest absolute Gasteiger partial charge is 0.328 e. The highest BCUT2D eigenvalue weighted by molar-refractivity contribution is 5.94. The van der Waals surface area contributed by atoms with Crippen LogP contribution in [-0.2, 0) is 24.5 Å². The molecule has 0 bridgehead atoms. The average molecular weight is 367 g/mol. The summed E-state index contributed by atoms with van der Waals surface area (Å²) in [5, 5.41) is 2.79. The number of nitrogens with one attached hydrogen (secondary N) is 1. The van der Waals surface area contributed by atoms with Crippen molar-refractivity contribution in [2.75, 3.05) is 7.11 Å². The summed E-state index contributed by atoms with van der Waals surface area (Å²) in [6.07, 6.45) is 0.390. The van der Waals surface area contributed by atoms with Crippen molar-refractivity contribution in [3.05, 3.63) is 71.8 Å². The number of hydrogen-bond acceptors (Lipinski definition) is 4. The number of carbonyl (C=O) groups is 3. The zero-order valence-corrected chi connectivity index (χ0v) is 15.9. The van der Waals surface area contributed by atoms with E-state index in [4.69, 9.17) is 4.74 Å². The molecule has 0 fully saturated rings. The van der Waals surface area contributed by atoms with E-state index >= 15 is 0 Å². The molecule has 0 radical (unpaired) electrons. The lowest BCUT2D eigenvalue weighted by Crippen LogP contribution is -2.50. The molecule has 0 unspecified atom stereocenters. The number of methoxy groups -OCH3 is 1. The summed E-state index contributed by atoms with van der Waals surface area (Å²) in [7, 11) is 1.27. The highest BCUT2D eigenvalue weighted by atomic mass is 16.5. The lowest BCUT2D eigenvalue weighted by atomic mass is 9.75. The van der Waals surface area contributed by atoms with Gasteiger partial charge in [0.2, 0.25) is 5.91 Å². The molecular formula is C22H25NO4. The van der Waals surface area contributed by atoms with Crippen LogP contribution in [0.4, 0.5) is 0 Å². The lowest BCUT2D eigenvalue weighted by molar-refractivity contribution is -0.145. The van der Waals surface area contributed by atoms with Crippen LogP contribution in [0.5, 0.6) is 0 Å². The monoisotopic (exact) mass is 367 g/mol. The van der Waals surface area contributed by atoms with Crippen LogP contribution in [0.2, 0.25) is 0 Å². The van der Waals surface area contributed by atoms with Gasteiger partial charge in [0.15, 0.2) is 0 Å². The minimum absolute atomic E-state index is 0.0490. The second kappa shape index (κ2) is 9.12. The van der Waals surface area contributed by atoms with Crippen LogP contribution < -0.4 is 5.32 Å². The average Bonchev–Trinajstić information content (AvgIpc) is 2.70. The molecule has 142 valence electrons. The molecule has 0 spiro atoms. The lowest BCUT2D eigenvalue weighted by Gasteiger charge is -2.31. The molecule has 2 rings (SSSR count). The Kier molecular flexibility index (Phi) is 6.88. The Morgan fingerprint density at radius 1 is 0.963 bits per heavy atom. The number of carbonyl (C=O) groups excluding carboxylic acids is 3. The first-order valence-electron chi connectivity index (χ1n) is 8.89. The second-order valence-corrected chi connectivity index (χ2v) is 6.65. The van der Waals surface area contributed by atoms with Crippen molar-refractivity contribution in [3.8, 4) is 0 Å². The maximum absolute atomic E-state index is 13.3. The Labute approximate surface area is 159 Å². The number of amides is 1. The Morgan fingerprint density at radius 2 is 1.44 bits per heavy atom. The summed E-state index contributed by atoms with van der Waals surface area (Å²) >= 11 is 0. The van der Waals surface area contributed by atoms with Gasteiger partial charge in [0.25, 0.3) is 0 Å². The number of Topliss-reactive ketones (excluding diaryl/α,β-unsaturated/α-hetero) is 1. The Morgan fingerprint density at radius 3 is 1.85 bits per heavy atom. The van der Waals surface area contributed by atoms with Crippen LogP contribution in [0.25, 0.3) is 0 Å². The molecule has 0 saturated carbocycles. The first-order valence-corrected chi connectivity index (χ1v) is 8.89. The number of ketones is 1. The number of benzene rings is 2. The van der Waals surface area contributed by atoms with Crippen molar-refractivity contribution in [2.45, 2.75) is 38.1 Å². The van der Waals surface area contributed by atoms with Crippen LogP contribution in [0.15, 0.2) is 60.7 Å². The SMILES string of the molecule is COC(=O)[C@@H](CCC(C)=O)NC(=O)C(C)(c1ccccc1)c1ccccc1. The van der Waals surface area contributed by atoms with E-state index in [0.717, 1.165) is 11.1 Å². The van der Waals surface area contributed by atoms with Crippen LogP contribution in [-0.4, -0.2) is 30.8 Å². The molecule has 1 N–H and O–H groups in total. The largest absolute Gasteiger partial charge is 0.467 e. The fraction of sp³-hybridized carbons (Fsp3) is 0.318. The summed E-state index contributed by atoms with van der Waals surface area (Å²) in [6, 6.07) is 17.9. The van der Waals surface area contributed by atoms with Crippen molar-refractivity contribution in [1.82, 2.24) is 5.32 Å². The molecule has 0 aromatic heterocycles. The van der Waals surface area contributed by atoms with Gasteiger partial charge >= 0.3 is 5.97 Å². The van der Waals surface area contributed by atoms with E-state index in [2.05, 4.69) is 5.32 Å². The third kappa shape index (κ3) is 4.82. The molecular weight excluding hydrogens is 342 g/mol. The molecule has 0 aliphatic heterocycles. The summed E-state index contributed by atoms with van der Waals surface area (Å²) in [5.74, 6) is -0.932. The topological polar surface area (TPSA) is 72.5 Å². The van der Waals surface area contributed by atoms with Crippen molar-refractivity contribution in [1.29, 1.82) is 0 Å². The summed E-state index contributed by atoms with van der Waals surface area (Å²) in [4.78, 5) is 36.8. The van der Waals surface area contributed by atoms with E-state index in [1.54, 1.807) is 0 Å². The first kappa shape index (κ1) is 20.4. The van der Waals surface area contributed by atoms with Crippen molar-refractivity contribution in [3.63, 3.8) is 0 Å². The van der Waals surface area contributed by atoms with Crippen molar-refractivity contribution < 1.29 is 19.1 Å². The Balaban J connectivity index is 2.39. The normalized spacial score (nSPS) is 12.1. The van der Waals surface area contributed by atoms with E-state index < -0.39 is 17.4 Å².